The van der Waals surface area contributed by atoms with Gasteiger partial charge in [0.25, 0.3) is 0 Å². The number of hydrogen-bond acceptors (Lipinski definition) is 2. The molecule has 1 N–H and O–H groups in total. The molecule has 0 saturated heterocycles. The van der Waals surface area contributed by atoms with Gasteiger partial charge in [-0.3, -0.25) is 0 Å². The third-order valence-corrected chi connectivity index (χ3v) is 4.25. The van der Waals surface area contributed by atoms with Gasteiger partial charge in [-0.2, -0.15) is 0 Å². The number of halogens is 2. The van der Waals surface area contributed by atoms with Crippen LogP contribution < -0.4 is 4.74 Å². The van der Waals surface area contributed by atoms with Crippen molar-refractivity contribution >= 4 is 15.9 Å². The van der Waals surface area contributed by atoms with Crippen molar-refractivity contribution in [2.45, 2.75) is 25.4 Å². The van der Waals surface area contributed by atoms with E-state index in [0.717, 1.165) is 12.0 Å². The zero-order valence-corrected chi connectivity index (χ0v) is 13.6. The molecule has 0 radical (unpaired) electrons. The maximum absolute atomic E-state index is 13.6. The van der Waals surface area contributed by atoms with Gasteiger partial charge in [0.2, 0.25) is 0 Å². The van der Waals surface area contributed by atoms with Gasteiger partial charge in [0.05, 0.1) is 17.7 Å². The summed E-state index contributed by atoms with van der Waals surface area (Å²) in [7, 11) is 1.47. The Labute approximate surface area is 132 Å². The molecule has 2 rings (SSSR count). The summed E-state index contributed by atoms with van der Waals surface area (Å²) in [5, 5.41) is 10.7. The van der Waals surface area contributed by atoms with Crippen molar-refractivity contribution in [2.75, 3.05) is 7.11 Å². The monoisotopic (exact) mass is 352 g/mol. The molecule has 0 aliphatic heterocycles. The highest BCUT2D eigenvalue weighted by molar-refractivity contribution is 9.10. The molecule has 0 saturated carbocycles. The minimum atomic E-state index is -0.760. The summed E-state index contributed by atoms with van der Waals surface area (Å²) in [5.41, 5.74) is 1.64. The first-order valence-corrected chi connectivity index (χ1v) is 7.63. The molecule has 0 aromatic heterocycles. The van der Waals surface area contributed by atoms with Crippen LogP contribution in [0.1, 0.15) is 36.5 Å². The maximum Gasteiger partial charge on any atom is 0.141 e. The molecule has 2 aromatic carbocycles. The van der Waals surface area contributed by atoms with Crippen LogP contribution in [0.3, 0.4) is 0 Å². The third-order valence-electron chi connectivity index (χ3n) is 3.64. The van der Waals surface area contributed by atoms with Gasteiger partial charge in [0.15, 0.2) is 0 Å². The Morgan fingerprint density at radius 3 is 2.48 bits per heavy atom. The Morgan fingerprint density at radius 2 is 1.90 bits per heavy atom. The van der Waals surface area contributed by atoms with Gasteiger partial charge < -0.3 is 9.84 Å². The zero-order chi connectivity index (χ0) is 15.4. The van der Waals surface area contributed by atoms with Crippen molar-refractivity contribution in [3.63, 3.8) is 0 Å². The number of rotatable bonds is 5. The summed E-state index contributed by atoms with van der Waals surface area (Å²) in [4.78, 5) is 0. The van der Waals surface area contributed by atoms with E-state index in [9.17, 15) is 9.50 Å². The van der Waals surface area contributed by atoms with Crippen LogP contribution >= 0.6 is 15.9 Å². The molecule has 21 heavy (non-hydrogen) atoms. The Hall–Kier alpha value is -1.39. The molecule has 2 aromatic rings. The standard InChI is InChI=1S/C17H18BrFO2/c1-3-12(11-7-5-4-6-8-11)17(20)13-9-14(18)15(19)10-16(13)21-2/h4-10,12,17,20H,3H2,1-2H3. The Kier molecular flexibility index (Phi) is 5.37. The molecular weight excluding hydrogens is 335 g/mol. The van der Waals surface area contributed by atoms with E-state index in [0.29, 0.717) is 15.8 Å². The van der Waals surface area contributed by atoms with E-state index in [1.54, 1.807) is 6.07 Å². The van der Waals surface area contributed by atoms with E-state index in [2.05, 4.69) is 15.9 Å². The van der Waals surface area contributed by atoms with E-state index in [1.807, 2.05) is 37.3 Å². The van der Waals surface area contributed by atoms with Crippen molar-refractivity contribution in [2.24, 2.45) is 0 Å². The fraction of sp³-hybridized carbons (Fsp3) is 0.294. The second-order valence-corrected chi connectivity index (χ2v) is 5.73. The molecule has 0 bridgehead atoms. The summed E-state index contributed by atoms with van der Waals surface area (Å²) in [6.45, 7) is 2.02. The predicted molar refractivity (Wildman–Crippen MR) is 85.1 cm³/mol. The first-order chi connectivity index (χ1) is 10.1. The van der Waals surface area contributed by atoms with Crippen LogP contribution in [0.15, 0.2) is 46.9 Å². The summed E-state index contributed by atoms with van der Waals surface area (Å²) < 4.78 is 19.1. The maximum atomic E-state index is 13.6. The second-order valence-electron chi connectivity index (χ2n) is 4.88. The number of benzene rings is 2. The van der Waals surface area contributed by atoms with Crippen LogP contribution in [0.5, 0.6) is 5.75 Å². The highest BCUT2D eigenvalue weighted by atomic mass is 79.9. The molecular formula is C17H18BrFO2. The predicted octanol–water partition coefficient (Wildman–Crippen LogP) is 4.82. The molecule has 0 aliphatic rings. The highest BCUT2D eigenvalue weighted by Crippen LogP contribution is 2.39. The van der Waals surface area contributed by atoms with Crippen molar-refractivity contribution in [1.29, 1.82) is 0 Å². The molecule has 112 valence electrons. The summed E-state index contributed by atoms with van der Waals surface area (Å²) in [6, 6.07) is 12.7. The highest BCUT2D eigenvalue weighted by Gasteiger charge is 2.25. The average Bonchev–Trinajstić information content (AvgIpc) is 2.51. The molecule has 0 heterocycles. The smallest absolute Gasteiger partial charge is 0.141 e. The molecule has 2 nitrogen and oxygen atoms in total. The lowest BCUT2D eigenvalue weighted by Gasteiger charge is -2.24. The summed E-state index contributed by atoms with van der Waals surface area (Å²) >= 11 is 3.16. The fourth-order valence-electron chi connectivity index (χ4n) is 2.51. The normalized spacial score (nSPS) is 13.8. The molecule has 0 fully saturated rings. The lowest BCUT2D eigenvalue weighted by molar-refractivity contribution is 0.138. The summed E-state index contributed by atoms with van der Waals surface area (Å²) in [6.07, 6.45) is 0.00724. The second kappa shape index (κ2) is 7.05. The van der Waals surface area contributed by atoms with Crippen LogP contribution in [0.25, 0.3) is 0 Å². The Bertz CT molecular complexity index is 601. The quantitative estimate of drug-likeness (QED) is 0.835. The molecule has 4 heteroatoms. The van der Waals surface area contributed by atoms with Gasteiger partial charge in [-0.05, 0) is 34.0 Å². The number of ether oxygens (including phenoxy) is 1. The Balaban J connectivity index is 2.42. The molecule has 0 spiro atoms. The number of aliphatic hydroxyl groups is 1. The molecule has 2 unspecified atom stereocenters. The molecule has 0 aliphatic carbocycles. The van der Waals surface area contributed by atoms with E-state index in [-0.39, 0.29) is 5.92 Å². The van der Waals surface area contributed by atoms with Crippen LogP contribution in [0.4, 0.5) is 4.39 Å². The van der Waals surface area contributed by atoms with Gasteiger partial charge in [0.1, 0.15) is 11.6 Å². The largest absolute Gasteiger partial charge is 0.496 e. The van der Waals surface area contributed by atoms with Crippen molar-refractivity contribution in [3.8, 4) is 5.75 Å². The van der Waals surface area contributed by atoms with Crippen LogP contribution in [-0.2, 0) is 0 Å². The first kappa shape index (κ1) is 16.0. The van der Waals surface area contributed by atoms with Crippen molar-refractivity contribution in [3.05, 3.63) is 63.9 Å². The van der Waals surface area contributed by atoms with Gasteiger partial charge >= 0.3 is 0 Å². The minimum Gasteiger partial charge on any atom is -0.496 e. The SMILES string of the molecule is CCC(c1ccccc1)C(O)c1cc(Br)c(F)cc1OC. The van der Waals surface area contributed by atoms with Crippen LogP contribution in [0.2, 0.25) is 0 Å². The first-order valence-electron chi connectivity index (χ1n) is 6.84. The lowest BCUT2D eigenvalue weighted by Crippen LogP contribution is -2.12. The summed E-state index contributed by atoms with van der Waals surface area (Å²) in [5.74, 6) is -0.120. The minimum absolute atomic E-state index is 0.0718. The zero-order valence-electron chi connectivity index (χ0n) is 12.0. The van der Waals surface area contributed by atoms with Gasteiger partial charge in [0, 0.05) is 17.5 Å². The number of aliphatic hydroxyl groups excluding tert-OH is 1. The Morgan fingerprint density at radius 1 is 1.24 bits per heavy atom. The van der Waals surface area contributed by atoms with E-state index >= 15 is 0 Å². The van der Waals surface area contributed by atoms with Crippen LogP contribution in [-0.4, -0.2) is 12.2 Å². The van der Waals surface area contributed by atoms with Crippen LogP contribution in [0, 0.1) is 5.82 Å². The lowest BCUT2D eigenvalue weighted by atomic mass is 9.87. The van der Waals surface area contributed by atoms with E-state index < -0.39 is 11.9 Å². The van der Waals surface area contributed by atoms with Gasteiger partial charge in [-0.25, -0.2) is 4.39 Å². The van der Waals surface area contributed by atoms with E-state index in [1.165, 1.54) is 13.2 Å². The van der Waals surface area contributed by atoms with E-state index in [4.69, 9.17) is 4.74 Å². The van der Waals surface area contributed by atoms with Gasteiger partial charge in [-0.1, -0.05) is 37.3 Å². The number of methoxy groups -OCH3 is 1. The van der Waals surface area contributed by atoms with Crippen molar-refractivity contribution < 1.29 is 14.2 Å². The number of hydrogen-bond donors (Lipinski definition) is 1. The molecule has 0 amide bonds. The topological polar surface area (TPSA) is 29.5 Å². The third kappa shape index (κ3) is 3.44. The fourth-order valence-corrected chi connectivity index (χ4v) is 2.87. The van der Waals surface area contributed by atoms with Gasteiger partial charge in [-0.15, -0.1) is 0 Å². The molecule has 2 atom stereocenters. The van der Waals surface area contributed by atoms with Crippen molar-refractivity contribution in [1.82, 2.24) is 0 Å². The average molecular weight is 353 g/mol.